The number of likely N-dealkylation sites (tertiary alicyclic amines) is 1. The second-order valence-corrected chi connectivity index (χ2v) is 8.52. The van der Waals surface area contributed by atoms with Gasteiger partial charge in [-0.05, 0) is 49.2 Å². The van der Waals surface area contributed by atoms with E-state index >= 15 is 0 Å². The monoisotopic (exact) mass is 431 g/mol. The van der Waals surface area contributed by atoms with Crippen molar-refractivity contribution in [3.8, 4) is 10.8 Å². The normalized spacial score (nSPS) is 16.0. The van der Waals surface area contributed by atoms with Crippen molar-refractivity contribution in [1.82, 2.24) is 15.2 Å². The number of amides is 2. The summed E-state index contributed by atoms with van der Waals surface area (Å²) in [6.07, 6.45) is 1.48. The SMILES string of the molecule is O=C(NCc1ccc(-c2nc3ccccc3s2)o1)[C@H]1CCCN1C(=O)c1ccccc1. The number of thiazole rings is 1. The van der Waals surface area contributed by atoms with Crippen molar-refractivity contribution in [2.75, 3.05) is 6.54 Å². The quantitative estimate of drug-likeness (QED) is 0.506. The molecule has 1 fully saturated rings. The molecule has 2 aromatic heterocycles. The average molecular weight is 432 g/mol. The summed E-state index contributed by atoms with van der Waals surface area (Å²) in [5.41, 5.74) is 1.55. The van der Waals surface area contributed by atoms with Gasteiger partial charge in [0.25, 0.3) is 5.91 Å². The third kappa shape index (κ3) is 3.96. The van der Waals surface area contributed by atoms with Gasteiger partial charge in [0.2, 0.25) is 5.91 Å². The Labute approximate surface area is 183 Å². The van der Waals surface area contributed by atoms with Gasteiger partial charge >= 0.3 is 0 Å². The van der Waals surface area contributed by atoms with Gasteiger partial charge in [-0.15, -0.1) is 11.3 Å². The molecule has 2 aromatic carbocycles. The zero-order chi connectivity index (χ0) is 21.2. The molecule has 31 heavy (non-hydrogen) atoms. The lowest BCUT2D eigenvalue weighted by Crippen LogP contribution is -2.45. The molecule has 1 aliphatic heterocycles. The summed E-state index contributed by atoms with van der Waals surface area (Å²) in [5.74, 6) is 1.09. The van der Waals surface area contributed by atoms with Crippen molar-refractivity contribution in [3.63, 3.8) is 0 Å². The molecule has 7 heteroatoms. The van der Waals surface area contributed by atoms with E-state index in [1.54, 1.807) is 28.4 Å². The summed E-state index contributed by atoms with van der Waals surface area (Å²) < 4.78 is 7.01. The lowest BCUT2D eigenvalue weighted by atomic mass is 10.1. The predicted molar refractivity (Wildman–Crippen MR) is 120 cm³/mol. The molecule has 0 spiro atoms. The standard InChI is InChI=1S/C24H21N3O3S/c28-22(19-10-6-14-27(19)24(29)16-7-2-1-3-8-16)25-15-17-12-13-20(30-17)23-26-18-9-4-5-11-21(18)31-23/h1-5,7-9,11-13,19H,6,10,14-15H2,(H,25,28)/t19-/m1/s1. The number of para-hydroxylation sites is 1. The van der Waals surface area contributed by atoms with Gasteiger partial charge in [0.15, 0.2) is 10.8 Å². The molecule has 1 saturated heterocycles. The van der Waals surface area contributed by atoms with Gasteiger partial charge in [-0.3, -0.25) is 9.59 Å². The summed E-state index contributed by atoms with van der Waals surface area (Å²) in [5, 5.41) is 3.74. The van der Waals surface area contributed by atoms with Crippen molar-refractivity contribution in [3.05, 3.63) is 78.1 Å². The van der Waals surface area contributed by atoms with E-state index < -0.39 is 6.04 Å². The van der Waals surface area contributed by atoms with Crippen molar-refractivity contribution < 1.29 is 14.0 Å². The van der Waals surface area contributed by atoms with Crippen molar-refractivity contribution >= 4 is 33.4 Å². The van der Waals surface area contributed by atoms with E-state index in [0.717, 1.165) is 21.6 Å². The molecular formula is C24H21N3O3S. The molecule has 0 radical (unpaired) electrons. The highest BCUT2D eigenvalue weighted by molar-refractivity contribution is 7.21. The van der Waals surface area contributed by atoms with E-state index in [0.29, 0.717) is 30.0 Å². The Balaban J connectivity index is 1.24. The number of fused-ring (bicyclic) bond motifs is 1. The third-order valence-corrected chi connectivity index (χ3v) is 6.49. The second kappa shape index (κ2) is 8.35. The van der Waals surface area contributed by atoms with Crippen LogP contribution < -0.4 is 5.32 Å². The van der Waals surface area contributed by atoms with Gasteiger partial charge in [-0.2, -0.15) is 0 Å². The zero-order valence-corrected chi connectivity index (χ0v) is 17.6. The third-order valence-electron chi connectivity index (χ3n) is 5.44. The zero-order valence-electron chi connectivity index (χ0n) is 16.8. The van der Waals surface area contributed by atoms with Gasteiger partial charge in [0.1, 0.15) is 11.8 Å². The highest BCUT2D eigenvalue weighted by atomic mass is 32.1. The first-order chi connectivity index (χ1) is 15.2. The maximum absolute atomic E-state index is 12.8. The van der Waals surface area contributed by atoms with Crippen LogP contribution in [0.2, 0.25) is 0 Å². The molecule has 1 atom stereocenters. The number of hydrogen-bond acceptors (Lipinski definition) is 5. The molecule has 0 aliphatic carbocycles. The molecule has 0 saturated carbocycles. The van der Waals surface area contributed by atoms with Gasteiger partial charge < -0.3 is 14.6 Å². The van der Waals surface area contributed by atoms with Crippen LogP contribution in [-0.2, 0) is 11.3 Å². The van der Waals surface area contributed by atoms with E-state index in [-0.39, 0.29) is 18.4 Å². The van der Waals surface area contributed by atoms with Gasteiger partial charge in [0, 0.05) is 12.1 Å². The largest absolute Gasteiger partial charge is 0.457 e. The van der Waals surface area contributed by atoms with Gasteiger partial charge in [-0.25, -0.2) is 4.98 Å². The van der Waals surface area contributed by atoms with E-state index in [4.69, 9.17) is 4.42 Å². The van der Waals surface area contributed by atoms with Crippen LogP contribution in [0, 0.1) is 0 Å². The molecule has 0 bridgehead atoms. The summed E-state index contributed by atoms with van der Waals surface area (Å²) in [4.78, 5) is 31.9. The maximum atomic E-state index is 12.8. The second-order valence-electron chi connectivity index (χ2n) is 7.49. The maximum Gasteiger partial charge on any atom is 0.254 e. The summed E-state index contributed by atoms with van der Waals surface area (Å²) in [6.45, 7) is 0.863. The minimum Gasteiger partial charge on any atom is -0.457 e. The van der Waals surface area contributed by atoms with Crippen LogP contribution in [0.5, 0.6) is 0 Å². The number of carbonyl (C=O) groups excluding carboxylic acids is 2. The summed E-state index contributed by atoms with van der Waals surface area (Å²) >= 11 is 1.57. The molecule has 0 unspecified atom stereocenters. The molecule has 156 valence electrons. The van der Waals surface area contributed by atoms with Crippen molar-refractivity contribution in [2.24, 2.45) is 0 Å². The topological polar surface area (TPSA) is 75.4 Å². The molecule has 2 amide bonds. The van der Waals surface area contributed by atoms with Crippen LogP contribution in [0.3, 0.4) is 0 Å². The Morgan fingerprint density at radius 3 is 2.71 bits per heavy atom. The average Bonchev–Trinajstić information content (AvgIpc) is 3.56. The van der Waals surface area contributed by atoms with E-state index in [2.05, 4.69) is 10.3 Å². The molecule has 5 rings (SSSR count). The summed E-state index contributed by atoms with van der Waals surface area (Å²) in [7, 11) is 0. The smallest absolute Gasteiger partial charge is 0.254 e. The number of aromatic nitrogens is 1. The minimum atomic E-state index is -0.452. The molecule has 6 nitrogen and oxygen atoms in total. The molecule has 4 aromatic rings. The Morgan fingerprint density at radius 1 is 1.06 bits per heavy atom. The van der Waals surface area contributed by atoms with E-state index in [1.165, 1.54) is 0 Å². The number of hydrogen-bond donors (Lipinski definition) is 1. The fourth-order valence-corrected chi connectivity index (χ4v) is 4.81. The fraction of sp³-hybridized carbons (Fsp3) is 0.208. The van der Waals surface area contributed by atoms with Crippen LogP contribution in [0.15, 0.2) is 71.1 Å². The molecular weight excluding hydrogens is 410 g/mol. The van der Waals surface area contributed by atoms with Crippen LogP contribution in [0.4, 0.5) is 0 Å². The Hall–Kier alpha value is -3.45. The Bertz CT molecular complexity index is 1200. The highest BCUT2D eigenvalue weighted by Gasteiger charge is 2.34. The molecule has 3 heterocycles. The lowest BCUT2D eigenvalue weighted by molar-refractivity contribution is -0.125. The van der Waals surface area contributed by atoms with E-state index in [9.17, 15) is 9.59 Å². The molecule has 1 N–H and O–H groups in total. The van der Waals surface area contributed by atoms with E-state index in [1.807, 2.05) is 54.6 Å². The van der Waals surface area contributed by atoms with Crippen molar-refractivity contribution in [2.45, 2.75) is 25.4 Å². The summed E-state index contributed by atoms with van der Waals surface area (Å²) in [6, 6.07) is 20.3. The number of furan rings is 1. The number of nitrogens with zero attached hydrogens (tertiary/aromatic N) is 2. The number of nitrogens with one attached hydrogen (secondary N) is 1. The first-order valence-electron chi connectivity index (χ1n) is 10.3. The van der Waals surface area contributed by atoms with Crippen LogP contribution in [-0.4, -0.2) is 34.3 Å². The van der Waals surface area contributed by atoms with Crippen LogP contribution in [0.1, 0.15) is 29.0 Å². The molecule has 1 aliphatic rings. The van der Waals surface area contributed by atoms with Crippen LogP contribution >= 0.6 is 11.3 Å². The fourth-order valence-electron chi connectivity index (χ4n) is 3.89. The first-order valence-corrected chi connectivity index (χ1v) is 11.1. The predicted octanol–water partition coefficient (Wildman–Crippen LogP) is 4.48. The number of carbonyl (C=O) groups is 2. The highest BCUT2D eigenvalue weighted by Crippen LogP contribution is 2.31. The van der Waals surface area contributed by atoms with Crippen molar-refractivity contribution in [1.29, 1.82) is 0 Å². The minimum absolute atomic E-state index is 0.102. The number of benzene rings is 2. The first kappa shape index (κ1) is 19.5. The lowest BCUT2D eigenvalue weighted by Gasteiger charge is -2.24. The Morgan fingerprint density at radius 2 is 1.87 bits per heavy atom. The van der Waals surface area contributed by atoms with Gasteiger partial charge in [0.05, 0.1) is 16.8 Å². The Kier molecular flexibility index (Phi) is 5.26. The number of rotatable bonds is 5. The van der Waals surface area contributed by atoms with Gasteiger partial charge in [-0.1, -0.05) is 30.3 Å². The van der Waals surface area contributed by atoms with Crippen LogP contribution in [0.25, 0.3) is 21.0 Å².